The largest absolute Gasteiger partial charge is 0.373 e. The number of nitrogens with zero attached hydrogens (tertiary/aromatic N) is 2. The van der Waals surface area contributed by atoms with Crippen LogP contribution in [0.15, 0.2) is 48.5 Å². The zero-order valence-electron chi connectivity index (χ0n) is 12.2. The predicted octanol–water partition coefficient (Wildman–Crippen LogP) is 3.33. The van der Waals surface area contributed by atoms with E-state index in [0.29, 0.717) is 41.7 Å². The van der Waals surface area contributed by atoms with Crippen molar-refractivity contribution in [3.8, 4) is 0 Å². The molecule has 4 rings (SSSR count). The maximum Gasteiger partial charge on any atom is 0.331 e. The van der Waals surface area contributed by atoms with Crippen LogP contribution in [0.25, 0.3) is 0 Å². The van der Waals surface area contributed by atoms with Gasteiger partial charge in [-0.25, -0.2) is 4.31 Å². The average molecular weight is 351 g/mol. The second kappa shape index (κ2) is 5.40. The Morgan fingerprint density at radius 3 is 2.30 bits per heavy atom. The Morgan fingerprint density at radius 2 is 1.65 bits per heavy atom. The van der Waals surface area contributed by atoms with Gasteiger partial charge in [-0.1, -0.05) is 35.9 Å². The van der Waals surface area contributed by atoms with E-state index in [1.807, 2.05) is 18.2 Å². The van der Waals surface area contributed by atoms with E-state index in [0.717, 1.165) is 0 Å². The molecule has 120 valence electrons. The van der Waals surface area contributed by atoms with Crippen molar-refractivity contribution in [1.82, 2.24) is 0 Å². The second-order valence-corrected chi connectivity index (χ2v) is 7.64. The first-order valence-electron chi connectivity index (χ1n) is 7.37. The summed E-state index contributed by atoms with van der Waals surface area (Å²) in [6, 6.07) is 14.2. The highest BCUT2D eigenvalue weighted by Gasteiger charge is 2.42. The molecule has 2 aliphatic heterocycles. The van der Waals surface area contributed by atoms with Crippen molar-refractivity contribution in [3.63, 3.8) is 0 Å². The van der Waals surface area contributed by atoms with Crippen LogP contribution >= 0.6 is 11.6 Å². The third kappa shape index (κ3) is 2.47. The van der Waals surface area contributed by atoms with Gasteiger partial charge in [-0.15, -0.1) is 0 Å². The van der Waals surface area contributed by atoms with Crippen LogP contribution in [0.2, 0.25) is 5.02 Å². The Balaban J connectivity index is 1.81. The van der Waals surface area contributed by atoms with E-state index >= 15 is 0 Å². The number of ether oxygens (including phenoxy) is 1. The summed E-state index contributed by atoms with van der Waals surface area (Å²) in [7, 11) is -3.70. The maximum atomic E-state index is 13.1. The van der Waals surface area contributed by atoms with Gasteiger partial charge in [0, 0.05) is 6.54 Å². The fourth-order valence-corrected chi connectivity index (χ4v) is 4.81. The number of rotatable bonds is 4. The molecule has 0 bridgehead atoms. The van der Waals surface area contributed by atoms with Gasteiger partial charge in [0.2, 0.25) is 0 Å². The van der Waals surface area contributed by atoms with Gasteiger partial charge in [-0.05, 0) is 30.7 Å². The Morgan fingerprint density at radius 1 is 1.04 bits per heavy atom. The first kappa shape index (κ1) is 14.8. The monoisotopic (exact) mass is 350 g/mol. The quantitative estimate of drug-likeness (QED) is 0.795. The SMILES string of the molecule is O=S1(=O)N(CC[C@H]2CO2)c2ccccc2N1c1ccccc1Cl. The van der Waals surface area contributed by atoms with E-state index < -0.39 is 10.2 Å². The summed E-state index contributed by atoms with van der Waals surface area (Å²) in [5.41, 5.74) is 1.76. The van der Waals surface area contributed by atoms with E-state index in [2.05, 4.69) is 0 Å². The van der Waals surface area contributed by atoms with Crippen molar-refractivity contribution < 1.29 is 13.2 Å². The standard InChI is InChI=1S/C16H15ClN2O3S/c17-13-5-1-2-6-14(13)19-16-8-4-3-7-15(16)18(23(19,20)21)10-9-12-11-22-12/h1-8,12H,9-11H2/t12-/m0/s1. The lowest BCUT2D eigenvalue weighted by atomic mass is 10.2. The van der Waals surface area contributed by atoms with Crippen molar-refractivity contribution in [1.29, 1.82) is 0 Å². The molecule has 5 nitrogen and oxygen atoms in total. The summed E-state index contributed by atoms with van der Waals surface area (Å²) in [4.78, 5) is 0. The van der Waals surface area contributed by atoms with E-state index in [-0.39, 0.29) is 6.10 Å². The second-order valence-electron chi connectivity index (χ2n) is 5.53. The lowest BCUT2D eigenvalue weighted by Crippen LogP contribution is -2.36. The fourth-order valence-electron chi connectivity index (χ4n) is 2.80. The van der Waals surface area contributed by atoms with E-state index in [1.54, 1.807) is 30.3 Å². The third-order valence-corrected chi connectivity index (χ3v) is 6.12. The number of epoxide rings is 1. The van der Waals surface area contributed by atoms with Gasteiger partial charge in [0.1, 0.15) is 0 Å². The molecule has 0 amide bonds. The smallest absolute Gasteiger partial charge is 0.331 e. The molecule has 0 N–H and O–H groups in total. The number of hydrogen-bond acceptors (Lipinski definition) is 3. The fraction of sp³-hybridized carbons (Fsp3) is 0.250. The molecule has 2 aromatic carbocycles. The first-order valence-corrected chi connectivity index (χ1v) is 9.15. The van der Waals surface area contributed by atoms with Crippen LogP contribution in [0.1, 0.15) is 6.42 Å². The van der Waals surface area contributed by atoms with Gasteiger partial charge in [0.25, 0.3) is 0 Å². The van der Waals surface area contributed by atoms with E-state index in [4.69, 9.17) is 16.3 Å². The first-order chi connectivity index (χ1) is 11.1. The number of benzene rings is 2. The molecule has 0 spiro atoms. The molecular weight excluding hydrogens is 336 g/mol. The Labute approximate surface area is 140 Å². The van der Waals surface area contributed by atoms with Gasteiger partial charge in [-0.2, -0.15) is 8.42 Å². The van der Waals surface area contributed by atoms with Crippen LogP contribution in [0.4, 0.5) is 17.1 Å². The van der Waals surface area contributed by atoms with Crippen molar-refractivity contribution in [2.75, 3.05) is 21.8 Å². The Hall–Kier alpha value is -1.76. The average Bonchev–Trinajstić information content (AvgIpc) is 3.31. The minimum atomic E-state index is -3.70. The zero-order chi connectivity index (χ0) is 16.0. The van der Waals surface area contributed by atoms with Crippen LogP contribution in [-0.2, 0) is 14.9 Å². The summed E-state index contributed by atoms with van der Waals surface area (Å²) in [6.45, 7) is 1.11. The van der Waals surface area contributed by atoms with Crippen LogP contribution in [0, 0.1) is 0 Å². The number of anilines is 3. The maximum absolute atomic E-state index is 13.1. The summed E-state index contributed by atoms with van der Waals surface area (Å²) in [5, 5.41) is 0.401. The van der Waals surface area contributed by atoms with E-state index in [9.17, 15) is 8.42 Å². The van der Waals surface area contributed by atoms with Gasteiger partial charge >= 0.3 is 10.2 Å². The number of hydrogen-bond donors (Lipinski definition) is 0. The molecule has 7 heteroatoms. The van der Waals surface area contributed by atoms with Gasteiger partial charge in [0.15, 0.2) is 0 Å². The minimum absolute atomic E-state index is 0.173. The molecular formula is C16H15ClN2O3S. The normalized spacial score (nSPS) is 21.3. The molecule has 0 aliphatic carbocycles. The molecule has 0 radical (unpaired) electrons. The van der Waals surface area contributed by atoms with Crippen LogP contribution < -0.4 is 8.61 Å². The Bertz CT molecular complexity index is 852. The van der Waals surface area contributed by atoms with Crippen molar-refractivity contribution >= 4 is 38.9 Å². The molecule has 2 aromatic rings. The molecule has 2 heterocycles. The summed E-state index contributed by atoms with van der Waals surface area (Å²) in [6.07, 6.45) is 0.857. The molecule has 0 unspecified atom stereocenters. The van der Waals surface area contributed by atoms with Gasteiger partial charge in [0.05, 0.1) is 34.8 Å². The third-order valence-electron chi connectivity index (χ3n) is 4.01. The van der Waals surface area contributed by atoms with Crippen molar-refractivity contribution in [2.45, 2.75) is 12.5 Å². The summed E-state index contributed by atoms with van der Waals surface area (Å²) >= 11 is 6.24. The van der Waals surface area contributed by atoms with Crippen LogP contribution in [-0.4, -0.2) is 27.7 Å². The number of halogens is 1. The summed E-state index contributed by atoms with van der Waals surface area (Å²) < 4.78 is 34.1. The molecule has 0 aromatic heterocycles. The molecule has 23 heavy (non-hydrogen) atoms. The van der Waals surface area contributed by atoms with Crippen molar-refractivity contribution in [2.24, 2.45) is 0 Å². The molecule has 2 aliphatic rings. The van der Waals surface area contributed by atoms with Crippen LogP contribution in [0.3, 0.4) is 0 Å². The minimum Gasteiger partial charge on any atom is -0.373 e. The van der Waals surface area contributed by atoms with E-state index in [1.165, 1.54) is 8.61 Å². The van der Waals surface area contributed by atoms with Gasteiger partial charge < -0.3 is 4.74 Å². The van der Waals surface area contributed by atoms with Crippen LogP contribution in [0.5, 0.6) is 0 Å². The topological polar surface area (TPSA) is 53.2 Å². The zero-order valence-corrected chi connectivity index (χ0v) is 13.8. The number of para-hydroxylation sites is 3. The predicted molar refractivity (Wildman–Crippen MR) is 90.7 cm³/mol. The lowest BCUT2D eigenvalue weighted by Gasteiger charge is -2.22. The summed E-state index contributed by atoms with van der Waals surface area (Å²) in [5.74, 6) is 0. The van der Waals surface area contributed by atoms with Crippen molar-refractivity contribution in [3.05, 3.63) is 53.6 Å². The number of fused-ring (bicyclic) bond motifs is 1. The molecule has 1 atom stereocenters. The molecule has 0 saturated carbocycles. The molecule has 1 fully saturated rings. The Kier molecular flexibility index (Phi) is 3.48. The highest BCUT2D eigenvalue weighted by Crippen LogP contribution is 2.47. The molecule has 1 saturated heterocycles. The highest BCUT2D eigenvalue weighted by atomic mass is 35.5. The highest BCUT2D eigenvalue weighted by molar-refractivity contribution is 7.95. The lowest BCUT2D eigenvalue weighted by molar-refractivity contribution is 0.399. The van der Waals surface area contributed by atoms with Gasteiger partial charge in [-0.3, -0.25) is 4.31 Å².